The van der Waals surface area contributed by atoms with E-state index in [-0.39, 0.29) is 126 Å². The lowest BCUT2D eigenvalue weighted by Gasteiger charge is -2.38. The maximum atomic E-state index is 16.8. The lowest BCUT2D eigenvalue weighted by atomic mass is 10.1. The number of carboxylic acids is 6. The molecule has 7 amide bonds. The van der Waals surface area contributed by atoms with Gasteiger partial charge in [0, 0.05) is 109 Å². The van der Waals surface area contributed by atoms with Crippen LogP contribution in [-0.2, 0) is 68.2 Å². The predicted molar refractivity (Wildman–Crippen MR) is 386 cm³/mol. The number of aliphatic carboxylic acids is 6. The molecule has 1 aliphatic heterocycles. The fourth-order valence-corrected chi connectivity index (χ4v) is 20.4. The molecule has 0 aliphatic carbocycles. The van der Waals surface area contributed by atoms with Crippen LogP contribution in [0.5, 0.6) is 0 Å². The summed E-state index contributed by atoms with van der Waals surface area (Å²) in [7, 11) is -15.9. The Morgan fingerprint density at radius 1 is 0.519 bits per heavy atom. The number of urea groups is 1. The first-order valence-corrected chi connectivity index (χ1v) is 43.2. The highest BCUT2D eigenvalue weighted by atomic mass is 31.2. The van der Waals surface area contributed by atoms with Crippen molar-refractivity contribution in [3.05, 3.63) is 41.7 Å². The summed E-state index contributed by atoms with van der Waals surface area (Å²) in [5.41, 5.74) is -0.115. The lowest BCUT2D eigenvalue weighted by Crippen LogP contribution is -2.53. The van der Waals surface area contributed by atoms with E-state index in [9.17, 15) is 101 Å². The molecule has 3 rings (SSSR count). The van der Waals surface area contributed by atoms with Crippen molar-refractivity contribution in [1.29, 1.82) is 0 Å². The molecule has 2 heterocycles. The van der Waals surface area contributed by atoms with Gasteiger partial charge in [0.1, 0.15) is 29.9 Å². The molecule has 0 radical (unpaired) electrons. The number of nitrogens with one attached hydrogen (secondary N) is 7. The van der Waals surface area contributed by atoms with Gasteiger partial charge in [-0.25, -0.2) is 23.9 Å². The van der Waals surface area contributed by atoms with Crippen molar-refractivity contribution in [3.63, 3.8) is 0 Å². The molecule has 0 saturated carbocycles. The largest absolute Gasteiger partial charge is 0.481 e. The third-order valence-corrected chi connectivity index (χ3v) is 27.8. The number of nitrogens with zero attached hydrogens (tertiary/aromatic N) is 6. The topological polar surface area (TPSA) is 563 Å². The summed E-state index contributed by atoms with van der Waals surface area (Å²) in [6.45, 7) is 9.06. The van der Waals surface area contributed by atoms with Gasteiger partial charge in [-0.15, -0.1) is 5.10 Å². The second kappa shape index (κ2) is 45.3. The van der Waals surface area contributed by atoms with Crippen molar-refractivity contribution in [3.8, 4) is 0 Å². The molecule has 16 N–H and O–H groups in total. The number of unbranched alkanes of at least 4 members (excludes halogenated alkanes) is 5. The summed E-state index contributed by atoms with van der Waals surface area (Å²) in [6.07, 6.45) is -0.573. The fourth-order valence-electron chi connectivity index (χ4n) is 11.7. The average molecular weight is 1580 g/mol. The molecule has 598 valence electrons. The highest BCUT2D eigenvalue weighted by molar-refractivity contribution is 7.58. The van der Waals surface area contributed by atoms with E-state index in [1.807, 2.05) is 34.6 Å². The van der Waals surface area contributed by atoms with Crippen LogP contribution >= 0.6 is 22.1 Å². The number of carbonyl (C=O) groups is 12. The van der Waals surface area contributed by atoms with Crippen LogP contribution in [0, 0.1) is 0 Å². The number of benzene rings is 1. The molecule has 8 atom stereocenters. The van der Waals surface area contributed by atoms with Crippen molar-refractivity contribution in [2.45, 2.75) is 185 Å². The molecule has 1 saturated heterocycles. The minimum absolute atomic E-state index is 0.0383. The Labute approximate surface area is 615 Å². The fraction of sp³-hybridized carbons (Fsp3) is 0.688. The molecule has 0 spiro atoms. The summed E-state index contributed by atoms with van der Waals surface area (Å²) in [5.74, 6) is -10.9. The minimum atomic E-state index is -4.19. The SMILES string of the molecule is CC(C)[Si](F)(c1ccc(C(=O)NCC(C(=O)NC(CCCCNC(=O)CCCCCCC(=O)NCCCC[C@H](NC(=O)N[C@@H](CCC(=O)O)C(=O)O)C(=O)O)C(=O)O)n2cc(CNC(=O)CCP(=O)(O)CN3CCN(CP(=O)(O)CCC(=O)O)CCN(CP(=O)(O)CCC(=O)O)CC3)nn2)cc1)C(C)(C)C. The monoisotopic (exact) mass is 1580 g/mol. The van der Waals surface area contributed by atoms with E-state index < -0.39 is 195 Å². The van der Waals surface area contributed by atoms with Gasteiger partial charge >= 0.3 is 41.8 Å². The van der Waals surface area contributed by atoms with E-state index in [1.165, 1.54) is 28.1 Å². The molecule has 106 heavy (non-hydrogen) atoms. The molecule has 42 heteroatoms. The van der Waals surface area contributed by atoms with Crippen LogP contribution in [-0.4, -0.2) is 269 Å². The van der Waals surface area contributed by atoms with Crippen LogP contribution in [0.25, 0.3) is 0 Å². The number of carboxylic acid groups (broad SMARTS) is 6. The standard InChI is InChI=1S/C64H107FN13O24P3Si/c1-44(2)106(65,64(3,4)5)47-20-18-45(19-21-47)58(88)69-39-51(59(89)70-48(60(90)91)14-10-12-27-66-52(79)16-8-6-7-9-17-53(80)67-28-13-11-15-49(61(92)93)71-63(96)72-50(62(94)95)22-23-55(82)83)78-40-46(73-74-78)38-68-54(81)24-35-103(97,98)41-75-29-31-76(42-104(99,100)36-25-56(84)85)33-34-77(32-30-75)43-105(101,102)37-26-57(86)87/h18-21,40,44,48-51H,6-17,22-39,41-43H2,1-5H3,(H,66,79)(H,67,80)(H,68,81)(H,69,88)(H,70,89)(H,82,83)(H,84,85)(H,86,87)(H,90,91)(H,92,93)(H,94,95)(H,97,98)(H,99,100)(H,101,102)(H2,71,72,96)/t48?,49-,50-,51?,106?/m0/s1. The first-order chi connectivity index (χ1) is 49.5. The number of halogens is 1. The van der Waals surface area contributed by atoms with E-state index in [2.05, 4.69) is 47.5 Å². The van der Waals surface area contributed by atoms with Gasteiger partial charge in [-0.05, 0) is 85.7 Å². The molecule has 1 aromatic heterocycles. The number of hydrogen-bond acceptors (Lipinski definition) is 20. The molecular formula is C64H107FN13O24P3Si. The van der Waals surface area contributed by atoms with Gasteiger partial charge in [0.25, 0.3) is 14.3 Å². The molecule has 1 fully saturated rings. The Morgan fingerprint density at radius 3 is 1.33 bits per heavy atom. The molecule has 0 bridgehead atoms. The summed E-state index contributed by atoms with van der Waals surface area (Å²) in [4.78, 5) is 184. The molecule has 6 unspecified atom stereocenters. The quantitative estimate of drug-likeness (QED) is 0.0196. The highest BCUT2D eigenvalue weighted by Gasteiger charge is 2.51. The second-order valence-corrected chi connectivity index (χ2v) is 39.7. The summed E-state index contributed by atoms with van der Waals surface area (Å²) < 4.78 is 57.6. The van der Waals surface area contributed by atoms with E-state index in [0.717, 1.165) is 4.68 Å². The van der Waals surface area contributed by atoms with Gasteiger partial charge in [-0.3, -0.25) is 66.8 Å². The van der Waals surface area contributed by atoms with Gasteiger partial charge in [0.05, 0.1) is 44.4 Å². The van der Waals surface area contributed by atoms with Crippen LogP contribution in [0.4, 0.5) is 8.90 Å². The maximum absolute atomic E-state index is 16.8. The van der Waals surface area contributed by atoms with Gasteiger partial charge < -0.3 is 86.6 Å². The van der Waals surface area contributed by atoms with Gasteiger partial charge in [-0.2, -0.15) is 0 Å². The van der Waals surface area contributed by atoms with E-state index in [4.69, 9.17) is 15.3 Å². The normalized spacial score (nSPS) is 16.7. The van der Waals surface area contributed by atoms with E-state index in [1.54, 1.807) is 17.0 Å². The lowest BCUT2D eigenvalue weighted by molar-refractivity contribution is -0.142. The third-order valence-electron chi connectivity index (χ3n) is 17.6. The third kappa shape index (κ3) is 35.9. The predicted octanol–water partition coefficient (Wildman–Crippen LogP) is 2.69. The first kappa shape index (κ1) is 92.6. The van der Waals surface area contributed by atoms with Crippen molar-refractivity contribution in [2.75, 3.05) is 96.2 Å². The molecule has 1 aromatic carbocycles. The van der Waals surface area contributed by atoms with Crippen LogP contribution < -0.4 is 42.4 Å². The van der Waals surface area contributed by atoms with Gasteiger partial charge in [-0.1, -0.05) is 64.8 Å². The maximum Gasteiger partial charge on any atom is 0.326 e. The molecule has 1 aliphatic rings. The van der Waals surface area contributed by atoms with Gasteiger partial charge in [0.2, 0.25) is 45.7 Å². The van der Waals surface area contributed by atoms with Crippen molar-refractivity contribution < 1.29 is 121 Å². The number of aromatic nitrogens is 3. The Balaban J connectivity index is 1.59. The van der Waals surface area contributed by atoms with Crippen LogP contribution in [0.1, 0.15) is 166 Å². The summed E-state index contributed by atoms with van der Waals surface area (Å²) in [6, 6.07) is -0.889. The number of hydrogen-bond donors (Lipinski definition) is 16. The molecule has 2 aromatic rings. The Bertz CT molecular complexity index is 3390. The zero-order valence-electron chi connectivity index (χ0n) is 60.7. The average Bonchev–Trinajstić information content (AvgIpc) is 1.02. The Morgan fingerprint density at radius 2 is 0.925 bits per heavy atom. The van der Waals surface area contributed by atoms with Crippen molar-refractivity contribution in [2.24, 2.45) is 0 Å². The van der Waals surface area contributed by atoms with Crippen LogP contribution in [0.15, 0.2) is 30.5 Å². The number of carbonyl (C=O) groups excluding carboxylic acids is 6. The summed E-state index contributed by atoms with van der Waals surface area (Å²) >= 11 is 0. The molecular weight excluding hydrogens is 1470 g/mol. The Kier molecular flexibility index (Phi) is 39.5. The van der Waals surface area contributed by atoms with Crippen LogP contribution in [0.3, 0.4) is 0 Å². The second-order valence-electron chi connectivity index (χ2n) is 27.7. The molecule has 37 nitrogen and oxygen atoms in total. The zero-order chi connectivity index (χ0) is 79.6. The number of rotatable bonds is 50. The summed E-state index contributed by atoms with van der Waals surface area (Å²) in [5, 5.41) is 81.4. The Hall–Kier alpha value is -7.60. The van der Waals surface area contributed by atoms with Crippen molar-refractivity contribution >= 4 is 107 Å². The van der Waals surface area contributed by atoms with Crippen molar-refractivity contribution in [1.82, 2.24) is 66.9 Å². The van der Waals surface area contributed by atoms with Gasteiger partial charge in [0.15, 0.2) is 0 Å². The minimum Gasteiger partial charge on any atom is -0.481 e. The van der Waals surface area contributed by atoms with E-state index >= 15 is 4.11 Å². The van der Waals surface area contributed by atoms with E-state index in [0.29, 0.717) is 43.7 Å². The smallest absolute Gasteiger partial charge is 0.326 e. The van der Waals surface area contributed by atoms with Crippen LogP contribution in [0.2, 0.25) is 10.6 Å². The zero-order valence-corrected chi connectivity index (χ0v) is 64.3. The number of amides is 7. The first-order valence-electron chi connectivity index (χ1n) is 35.1. The highest BCUT2D eigenvalue weighted by Crippen LogP contribution is 2.46.